The lowest BCUT2D eigenvalue weighted by Gasteiger charge is -2.37. The molecular weight excluding hydrogens is 412 g/mol. The molecule has 3 rings (SSSR count). The summed E-state index contributed by atoms with van der Waals surface area (Å²) >= 11 is 5.34. The van der Waals surface area contributed by atoms with Gasteiger partial charge in [-0.15, -0.1) is 0 Å². The number of ether oxygens (including phenoxy) is 1. The first-order chi connectivity index (χ1) is 14.0. The van der Waals surface area contributed by atoms with Crippen molar-refractivity contribution in [2.75, 3.05) is 6.54 Å². The topological polar surface area (TPSA) is 70.7 Å². The van der Waals surface area contributed by atoms with Crippen molar-refractivity contribution >= 4 is 29.2 Å². The first-order valence-corrected chi connectivity index (χ1v) is 10.5. The third-order valence-electron chi connectivity index (χ3n) is 5.22. The van der Waals surface area contributed by atoms with E-state index in [1.54, 1.807) is 25.7 Å². The number of rotatable bonds is 5. The van der Waals surface area contributed by atoms with Crippen molar-refractivity contribution in [1.29, 1.82) is 0 Å². The molecule has 6 nitrogen and oxygen atoms in total. The second-order valence-electron chi connectivity index (χ2n) is 8.78. The fraction of sp³-hybridized carbons (Fsp3) is 0.571. The molecule has 1 aromatic rings. The zero-order valence-corrected chi connectivity index (χ0v) is 18.2. The molecule has 2 amide bonds. The van der Waals surface area contributed by atoms with Gasteiger partial charge in [0.2, 0.25) is 5.91 Å². The van der Waals surface area contributed by atoms with E-state index < -0.39 is 29.4 Å². The van der Waals surface area contributed by atoms with E-state index in [9.17, 15) is 18.4 Å². The Hall–Kier alpha value is -2.29. The first kappa shape index (κ1) is 22.4. The Morgan fingerprint density at radius 2 is 2.07 bits per heavy atom. The summed E-state index contributed by atoms with van der Waals surface area (Å²) in [7, 11) is 0. The van der Waals surface area contributed by atoms with Gasteiger partial charge in [-0.1, -0.05) is 12.2 Å². The molecule has 1 aromatic carbocycles. The number of thiocarbonyl (C=S) groups is 1. The lowest BCUT2D eigenvalue weighted by molar-refractivity contribution is -0.133. The number of amides is 2. The number of carbonyl (C=O) groups is 2. The molecule has 2 aliphatic rings. The maximum absolute atomic E-state index is 14.2. The van der Waals surface area contributed by atoms with E-state index in [0.29, 0.717) is 11.5 Å². The maximum Gasteiger partial charge on any atom is 0.407 e. The molecule has 0 spiro atoms. The molecule has 164 valence electrons. The van der Waals surface area contributed by atoms with Crippen LogP contribution in [0.15, 0.2) is 18.2 Å². The monoisotopic (exact) mass is 439 g/mol. The smallest absolute Gasteiger partial charge is 0.407 e. The summed E-state index contributed by atoms with van der Waals surface area (Å²) in [4.78, 5) is 27.8. The van der Waals surface area contributed by atoms with E-state index >= 15 is 0 Å². The van der Waals surface area contributed by atoms with Crippen molar-refractivity contribution in [2.45, 2.75) is 70.2 Å². The quantitative estimate of drug-likeness (QED) is 0.690. The Bertz CT molecular complexity index is 843. The zero-order chi connectivity index (χ0) is 22.1. The zero-order valence-electron chi connectivity index (χ0n) is 17.3. The fourth-order valence-electron chi connectivity index (χ4n) is 3.98. The Morgan fingerprint density at radius 3 is 2.77 bits per heavy atom. The van der Waals surface area contributed by atoms with Gasteiger partial charge in [0.1, 0.15) is 17.2 Å². The highest BCUT2D eigenvalue weighted by atomic mass is 32.1. The summed E-state index contributed by atoms with van der Waals surface area (Å²) in [5.41, 5.74) is -0.644. The van der Waals surface area contributed by atoms with Gasteiger partial charge in [-0.25, -0.2) is 13.6 Å². The van der Waals surface area contributed by atoms with Gasteiger partial charge < -0.3 is 20.3 Å². The molecule has 2 heterocycles. The van der Waals surface area contributed by atoms with Gasteiger partial charge in [0.25, 0.3) is 0 Å². The lowest BCUT2D eigenvalue weighted by atomic mass is 10.0. The molecule has 0 radical (unpaired) electrons. The summed E-state index contributed by atoms with van der Waals surface area (Å²) in [6.07, 6.45) is 0.832. The van der Waals surface area contributed by atoms with Crippen LogP contribution >= 0.6 is 12.2 Å². The number of hydrogen-bond acceptors (Lipinski definition) is 4. The highest BCUT2D eigenvalue weighted by Crippen LogP contribution is 2.29. The first-order valence-electron chi connectivity index (χ1n) is 10.1. The van der Waals surface area contributed by atoms with Gasteiger partial charge in [-0.05, 0) is 63.8 Å². The Kier molecular flexibility index (Phi) is 6.59. The summed E-state index contributed by atoms with van der Waals surface area (Å²) in [5.74, 6) is -1.35. The number of piperazine rings is 1. The molecule has 3 atom stereocenters. The number of nitrogens with zero attached hydrogens (tertiary/aromatic N) is 1. The van der Waals surface area contributed by atoms with Crippen molar-refractivity contribution in [3.63, 3.8) is 0 Å². The van der Waals surface area contributed by atoms with Crippen LogP contribution in [0.5, 0.6) is 0 Å². The minimum Gasteiger partial charge on any atom is -0.444 e. The van der Waals surface area contributed by atoms with Gasteiger partial charge in [0, 0.05) is 25.0 Å². The lowest BCUT2D eigenvalue weighted by Crippen LogP contribution is -2.57. The van der Waals surface area contributed by atoms with Crippen molar-refractivity contribution in [1.82, 2.24) is 15.5 Å². The number of carbonyl (C=O) groups excluding carboxylic acids is 2. The van der Waals surface area contributed by atoms with Gasteiger partial charge in [0.15, 0.2) is 0 Å². The molecule has 2 N–H and O–H groups in total. The largest absolute Gasteiger partial charge is 0.444 e. The SMILES string of the molecule is CC(C)(C)OC(=O)NC(CC(=O)N1C2CCC1C(=S)NC2)Cc1cc(F)ccc1F. The third kappa shape index (κ3) is 5.44. The fourth-order valence-corrected chi connectivity index (χ4v) is 4.30. The van der Waals surface area contributed by atoms with Gasteiger partial charge >= 0.3 is 6.09 Å². The Balaban J connectivity index is 1.76. The van der Waals surface area contributed by atoms with E-state index in [0.717, 1.165) is 31.0 Å². The Labute approximate surface area is 180 Å². The number of fused-ring (bicyclic) bond motifs is 2. The molecule has 3 unspecified atom stereocenters. The minimum atomic E-state index is -0.758. The Morgan fingerprint density at radius 1 is 1.33 bits per heavy atom. The van der Waals surface area contributed by atoms with Crippen LogP contribution in [0.25, 0.3) is 0 Å². The minimum absolute atomic E-state index is 0.0412. The molecule has 2 saturated heterocycles. The molecular formula is C21H27F2N3O3S. The van der Waals surface area contributed by atoms with Crippen molar-refractivity contribution in [2.24, 2.45) is 0 Å². The molecule has 30 heavy (non-hydrogen) atoms. The average molecular weight is 440 g/mol. The molecule has 0 aliphatic carbocycles. The molecule has 0 aromatic heterocycles. The van der Waals surface area contributed by atoms with Crippen LogP contribution in [0.4, 0.5) is 13.6 Å². The number of alkyl carbamates (subject to hydrolysis) is 1. The van der Waals surface area contributed by atoms with E-state index in [-0.39, 0.29) is 36.4 Å². The van der Waals surface area contributed by atoms with E-state index in [1.807, 2.05) is 0 Å². The van der Waals surface area contributed by atoms with Crippen LogP contribution in [0.3, 0.4) is 0 Å². The second-order valence-corrected chi connectivity index (χ2v) is 9.22. The van der Waals surface area contributed by atoms with Crippen LogP contribution in [0, 0.1) is 11.6 Å². The van der Waals surface area contributed by atoms with Crippen LogP contribution in [0.2, 0.25) is 0 Å². The van der Waals surface area contributed by atoms with Crippen molar-refractivity contribution < 1.29 is 23.1 Å². The normalized spacial score (nSPS) is 21.8. The highest BCUT2D eigenvalue weighted by Gasteiger charge is 2.42. The maximum atomic E-state index is 14.2. The van der Waals surface area contributed by atoms with Gasteiger partial charge in [0.05, 0.1) is 11.0 Å². The second kappa shape index (κ2) is 8.83. The number of nitrogens with one attached hydrogen (secondary N) is 2. The van der Waals surface area contributed by atoms with E-state index in [4.69, 9.17) is 17.0 Å². The summed E-state index contributed by atoms with van der Waals surface area (Å²) in [6.45, 7) is 5.76. The average Bonchev–Trinajstić information content (AvgIpc) is 2.96. The standard InChI is InChI=1S/C21H27F2N3O3S/c1-21(2,3)29-20(28)25-14(9-12-8-13(22)4-6-16(12)23)10-18(27)26-15-5-7-17(26)19(30)24-11-15/h4,6,8,14-15,17H,5,7,9-11H2,1-3H3,(H,24,30)(H,25,28). The summed E-state index contributed by atoms with van der Waals surface area (Å²) in [5, 5.41) is 5.80. The predicted octanol–water partition coefficient (Wildman–Crippen LogP) is 3.08. The highest BCUT2D eigenvalue weighted by molar-refractivity contribution is 7.80. The molecule has 2 fully saturated rings. The third-order valence-corrected chi connectivity index (χ3v) is 5.64. The van der Waals surface area contributed by atoms with Gasteiger partial charge in [-0.3, -0.25) is 4.79 Å². The van der Waals surface area contributed by atoms with Crippen molar-refractivity contribution in [3.05, 3.63) is 35.4 Å². The molecule has 9 heteroatoms. The van der Waals surface area contributed by atoms with E-state index in [1.165, 1.54) is 0 Å². The molecule has 2 aliphatic heterocycles. The number of benzene rings is 1. The summed E-state index contributed by atoms with van der Waals surface area (Å²) < 4.78 is 33.1. The number of hydrogen-bond donors (Lipinski definition) is 2. The van der Waals surface area contributed by atoms with Crippen LogP contribution in [-0.2, 0) is 16.0 Å². The van der Waals surface area contributed by atoms with E-state index in [2.05, 4.69) is 10.6 Å². The predicted molar refractivity (Wildman–Crippen MR) is 112 cm³/mol. The molecule has 0 saturated carbocycles. The molecule has 2 bridgehead atoms. The van der Waals surface area contributed by atoms with Crippen LogP contribution in [0.1, 0.15) is 45.6 Å². The summed E-state index contributed by atoms with van der Waals surface area (Å²) in [6, 6.07) is 2.27. The number of halogens is 2. The van der Waals surface area contributed by atoms with Crippen LogP contribution in [-0.4, -0.2) is 52.2 Å². The van der Waals surface area contributed by atoms with Gasteiger partial charge in [-0.2, -0.15) is 0 Å². The van der Waals surface area contributed by atoms with Crippen LogP contribution < -0.4 is 10.6 Å². The van der Waals surface area contributed by atoms with Crippen molar-refractivity contribution in [3.8, 4) is 0 Å².